The molecule has 28 heavy (non-hydrogen) atoms. The maximum Gasteiger partial charge on any atom is 0.258 e. The predicted octanol–water partition coefficient (Wildman–Crippen LogP) is 3.78. The van der Waals surface area contributed by atoms with Crippen LogP contribution in [0.1, 0.15) is 18.8 Å². The third-order valence-corrected chi connectivity index (χ3v) is 4.81. The topological polar surface area (TPSA) is 85.8 Å². The Kier molecular flexibility index (Phi) is 4.79. The van der Waals surface area contributed by atoms with Gasteiger partial charge in [-0.1, -0.05) is 22.8 Å². The molecule has 0 saturated carbocycles. The highest BCUT2D eigenvalue weighted by Crippen LogP contribution is 2.27. The lowest BCUT2D eigenvalue weighted by Gasteiger charge is -2.22. The molecule has 4 aromatic rings. The Morgan fingerprint density at radius 3 is 2.64 bits per heavy atom. The Hall–Kier alpha value is -3.26. The van der Waals surface area contributed by atoms with E-state index in [1.807, 2.05) is 54.8 Å². The van der Waals surface area contributed by atoms with Crippen molar-refractivity contribution in [3.05, 3.63) is 59.6 Å². The van der Waals surface area contributed by atoms with Crippen LogP contribution < -0.4 is 4.90 Å². The molecule has 0 N–H and O–H groups in total. The van der Waals surface area contributed by atoms with Crippen molar-refractivity contribution in [1.29, 1.82) is 0 Å². The summed E-state index contributed by atoms with van der Waals surface area (Å²) >= 11 is 6.04. The fourth-order valence-corrected chi connectivity index (χ4v) is 3.06. The van der Waals surface area contributed by atoms with Gasteiger partial charge in [0.15, 0.2) is 11.6 Å². The zero-order valence-corrected chi connectivity index (χ0v) is 16.4. The van der Waals surface area contributed by atoms with Gasteiger partial charge in [-0.2, -0.15) is 4.98 Å². The third kappa shape index (κ3) is 3.34. The van der Waals surface area contributed by atoms with E-state index in [4.69, 9.17) is 16.1 Å². The Bertz CT molecular complexity index is 1090. The number of nitrogens with zero attached hydrogens (tertiary/aromatic N) is 7. The van der Waals surface area contributed by atoms with Crippen molar-refractivity contribution < 1.29 is 4.52 Å². The minimum atomic E-state index is -0.176. The largest absolute Gasteiger partial charge is 0.334 e. The van der Waals surface area contributed by atoms with Crippen LogP contribution in [0.3, 0.4) is 0 Å². The van der Waals surface area contributed by atoms with Crippen LogP contribution in [0.4, 0.5) is 5.95 Å². The molecule has 3 heterocycles. The maximum absolute atomic E-state index is 6.04. The molecule has 8 nitrogen and oxygen atoms in total. The molecule has 0 unspecified atom stereocenters. The summed E-state index contributed by atoms with van der Waals surface area (Å²) in [6.07, 6.45) is 3.46. The summed E-state index contributed by atoms with van der Waals surface area (Å²) in [5, 5.41) is 13.4. The number of aromatic nitrogens is 6. The van der Waals surface area contributed by atoms with E-state index in [-0.39, 0.29) is 6.04 Å². The van der Waals surface area contributed by atoms with Crippen LogP contribution in [0, 0.1) is 0 Å². The van der Waals surface area contributed by atoms with Gasteiger partial charge in [-0.15, -0.1) is 10.2 Å². The zero-order valence-electron chi connectivity index (χ0n) is 15.6. The number of hydrogen-bond donors (Lipinski definition) is 0. The van der Waals surface area contributed by atoms with Crippen molar-refractivity contribution in [3.63, 3.8) is 0 Å². The van der Waals surface area contributed by atoms with Gasteiger partial charge in [0.1, 0.15) is 0 Å². The fourth-order valence-electron chi connectivity index (χ4n) is 2.87. The van der Waals surface area contributed by atoms with Gasteiger partial charge in [-0.25, -0.2) is 0 Å². The van der Waals surface area contributed by atoms with E-state index < -0.39 is 0 Å². The summed E-state index contributed by atoms with van der Waals surface area (Å²) in [4.78, 5) is 10.5. The van der Waals surface area contributed by atoms with Gasteiger partial charge in [-0.05, 0) is 37.3 Å². The van der Waals surface area contributed by atoms with Crippen molar-refractivity contribution in [2.24, 2.45) is 7.05 Å². The zero-order chi connectivity index (χ0) is 19.7. The summed E-state index contributed by atoms with van der Waals surface area (Å²) in [6.45, 7) is 1.98. The Balaban J connectivity index is 1.59. The Morgan fingerprint density at radius 1 is 1.11 bits per heavy atom. The second-order valence-corrected chi connectivity index (χ2v) is 6.81. The molecule has 0 radical (unpaired) electrons. The number of halogens is 1. The Morgan fingerprint density at radius 2 is 1.89 bits per heavy atom. The van der Waals surface area contributed by atoms with Crippen molar-refractivity contribution in [3.8, 4) is 22.8 Å². The van der Waals surface area contributed by atoms with Crippen LogP contribution >= 0.6 is 11.6 Å². The van der Waals surface area contributed by atoms with E-state index in [9.17, 15) is 0 Å². The summed E-state index contributed by atoms with van der Waals surface area (Å²) in [5.74, 6) is 2.41. The number of pyridine rings is 1. The quantitative estimate of drug-likeness (QED) is 0.508. The van der Waals surface area contributed by atoms with Gasteiger partial charge in [0.05, 0.1) is 6.04 Å². The molecule has 0 spiro atoms. The number of rotatable bonds is 5. The van der Waals surface area contributed by atoms with E-state index >= 15 is 0 Å². The predicted molar refractivity (Wildman–Crippen MR) is 106 cm³/mol. The summed E-state index contributed by atoms with van der Waals surface area (Å²) < 4.78 is 7.34. The standard InChI is InChI=1S/C19H18ClN7O/c1-12(16-22-18(28-25-16)14-5-4-6-15(20)11-14)26(2)19-24-23-17(27(19)3)13-7-9-21-10-8-13/h4-12H,1-3H3/t12-/m0/s1. The first-order valence-electron chi connectivity index (χ1n) is 8.66. The van der Waals surface area contributed by atoms with E-state index in [2.05, 4.69) is 25.3 Å². The maximum atomic E-state index is 6.04. The van der Waals surface area contributed by atoms with Crippen LogP contribution in [0.2, 0.25) is 5.02 Å². The lowest BCUT2D eigenvalue weighted by atomic mass is 10.2. The summed E-state index contributed by atoms with van der Waals surface area (Å²) in [7, 11) is 3.84. The average Bonchev–Trinajstić information content (AvgIpc) is 3.35. The first kappa shape index (κ1) is 18.1. The molecule has 0 aliphatic rings. The van der Waals surface area contributed by atoms with Crippen LogP contribution in [0.15, 0.2) is 53.3 Å². The molecule has 3 aromatic heterocycles. The molecule has 0 aliphatic heterocycles. The molecule has 0 saturated heterocycles. The number of benzene rings is 1. The van der Waals surface area contributed by atoms with Crippen LogP contribution in [0.25, 0.3) is 22.8 Å². The Labute approximate surface area is 166 Å². The van der Waals surface area contributed by atoms with Gasteiger partial charge in [0.25, 0.3) is 5.89 Å². The second kappa shape index (κ2) is 7.40. The molecular formula is C19H18ClN7O. The average molecular weight is 396 g/mol. The van der Waals surface area contributed by atoms with Crippen LogP contribution in [-0.2, 0) is 7.05 Å². The molecule has 9 heteroatoms. The molecule has 0 fully saturated rings. The van der Waals surface area contributed by atoms with Gasteiger partial charge >= 0.3 is 0 Å². The fraction of sp³-hybridized carbons (Fsp3) is 0.211. The van der Waals surface area contributed by atoms with Crippen molar-refractivity contribution in [2.45, 2.75) is 13.0 Å². The van der Waals surface area contributed by atoms with Crippen molar-refractivity contribution in [2.75, 3.05) is 11.9 Å². The molecule has 0 amide bonds. The second-order valence-electron chi connectivity index (χ2n) is 6.37. The van der Waals surface area contributed by atoms with E-state index in [1.165, 1.54) is 0 Å². The smallest absolute Gasteiger partial charge is 0.258 e. The van der Waals surface area contributed by atoms with Gasteiger partial charge < -0.3 is 9.42 Å². The first-order valence-corrected chi connectivity index (χ1v) is 9.04. The lowest BCUT2D eigenvalue weighted by Crippen LogP contribution is -2.25. The molecule has 0 aliphatic carbocycles. The van der Waals surface area contributed by atoms with Crippen molar-refractivity contribution in [1.82, 2.24) is 29.9 Å². The van der Waals surface area contributed by atoms with E-state index in [0.29, 0.717) is 22.7 Å². The number of anilines is 1. The first-order chi connectivity index (χ1) is 13.5. The molecule has 4 rings (SSSR count). The monoisotopic (exact) mass is 395 g/mol. The summed E-state index contributed by atoms with van der Waals surface area (Å²) in [6, 6.07) is 10.9. The third-order valence-electron chi connectivity index (χ3n) is 4.57. The molecule has 0 bridgehead atoms. The van der Waals surface area contributed by atoms with E-state index in [0.717, 1.165) is 17.0 Å². The summed E-state index contributed by atoms with van der Waals surface area (Å²) in [5.41, 5.74) is 1.72. The molecule has 142 valence electrons. The minimum Gasteiger partial charge on any atom is -0.334 e. The van der Waals surface area contributed by atoms with Gasteiger partial charge in [0.2, 0.25) is 5.95 Å². The van der Waals surface area contributed by atoms with E-state index in [1.54, 1.807) is 24.5 Å². The highest BCUT2D eigenvalue weighted by molar-refractivity contribution is 6.30. The minimum absolute atomic E-state index is 0.176. The van der Waals surface area contributed by atoms with Gasteiger partial charge in [-0.3, -0.25) is 9.55 Å². The SMILES string of the molecule is C[C@@H](c1noc(-c2cccc(Cl)c2)n1)N(C)c1nnc(-c2ccncc2)n1C. The van der Waals surface area contributed by atoms with Crippen LogP contribution in [0.5, 0.6) is 0 Å². The van der Waals surface area contributed by atoms with Crippen molar-refractivity contribution >= 4 is 17.5 Å². The lowest BCUT2D eigenvalue weighted by molar-refractivity contribution is 0.416. The number of hydrogen-bond acceptors (Lipinski definition) is 7. The highest BCUT2D eigenvalue weighted by atomic mass is 35.5. The molecule has 1 atom stereocenters. The van der Waals surface area contributed by atoms with Gasteiger partial charge in [0, 0.05) is 42.6 Å². The van der Waals surface area contributed by atoms with Crippen LogP contribution in [-0.4, -0.2) is 36.9 Å². The highest BCUT2D eigenvalue weighted by Gasteiger charge is 2.23. The normalized spacial score (nSPS) is 12.1. The molecular weight excluding hydrogens is 378 g/mol. The molecule has 1 aromatic carbocycles.